The molecule has 0 radical (unpaired) electrons. The summed E-state index contributed by atoms with van der Waals surface area (Å²) in [5, 5.41) is 12.0. The van der Waals surface area contributed by atoms with Crippen molar-refractivity contribution in [1.82, 2.24) is 10.3 Å². The lowest BCUT2D eigenvalue weighted by Gasteiger charge is -2.16. The van der Waals surface area contributed by atoms with Gasteiger partial charge in [-0.2, -0.15) is 0 Å². The molecule has 0 bridgehead atoms. The molecule has 4 heteroatoms. The molecule has 0 aromatic carbocycles. The summed E-state index contributed by atoms with van der Waals surface area (Å²) in [5.74, 6) is -0.344. The molecule has 0 saturated carbocycles. The zero-order valence-electron chi connectivity index (χ0n) is 8.20. The lowest BCUT2D eigenvalue weighted by Crippen LogP contribution is -2.22. The zero-order chi connectivity index (χ0) is 10.4. The largest absolute Gasteiger partial charge is 0.396 e. The highest BCUT2D eigenvalue weighted by molar-refractivity contribution is 5.14. The first kappa shape index (κ1) is 11.1. The Morgan fingerprint density at radius 1 is 1.57 bits per heavy atom. The van der Waals surface area contributed by atoms with Crippen LogP contribution in [0.2, 0.25) is 0 Å². The van der Waals surface area contributed by atoms with Crippen LogP contribution in [0.1, 0.15) is 24.9 Å². The molecule has 1 atom stereocenters. The van der Waals surface area contributed by atoms with Crippen LogP contribution in [-0.4, -0.2) is 23.2 Å². The van der Waals surface area contributed by atoms with Gasteiger partial charge in [0, 0.05) is 18.8 Å². The van der Waals surface area contributed by atoms with Crippen LogP contribution < -0.4 is 5.32 Å². The number of aliphatic hydroxyl groups excluding tert-OH is 1. The molecule has 1 unspecified atom stereocenters. The van der Waals surface area contributed by atoms with Gasteiger partial charge in [0.05, 0.1) is 6.20 Å². The van der Waals surface area contributed by atoms with Crippen molar-refractivity contribution < 1.29 is 9.50 Å². The van der Waals surface area contributed by atoms with Crippen molar-refractivity contribution in [1.29, 1.82) is 0 Å². The molecule has 0 spiro atoms. The molecule has 14 heavy (non-hydrogen) atoms. The summed E-state index contributed by atoms with van der Waals surface area (Å²) in [6, 6.07) is 1.42. The molecule has 1 aromatic heterocycles. The molecular weight excluding hydrogens is 183 g/mol. The predicted molar refractivity (Wildman–Crippen MR) is 52.3 cm³/mol. The molecule has 0 aliphatic carbocycles. The monoisotopic (exact) mass is 198 g/mol. The molecule has 2 N–H and O–H groups in total. The smallest absolute Gasteiger partial charge is 0.141 e. The lowest BCUT2D eigenvalue weighted by molar-refractivity contribution is 0.266. The summed E-state index contributed by atoms with van der Waals surface area (Å²) in [7, 11) is 0. The van der Waals surface area contributed by atoms with Gasteiger partial charge in [-0.3, -0.25) is 4.98 Å². The summed E-state index contributed by atoms with van der Waals surface area (Å²) in [5.41, 5.74) is 0.779. The number of pyridine rings is 1. The van der Waals surface area contributed by atoms with Crippen molar-refractivity contribution in [3.05, 3.63) is 29.8 Å². The third-order valence-electron chi connectivity index (χ3n) is 2.00. The minimum Gasteiger partial charge on any atom is -0.396 e. The first-order chi connectivity index (χ1) is 6.77. The van der Waals surface area contributed by atoms with Gasteiger partial charge in [-0.1, -0.05) is 6.92 Å². The first-order valence-electron chi connectivity index (χ1n) is 4.72. The Kier molecular flexibility index (Phi) is 4.49. The van der Waals surface area contributed by atoms with E-state index in [9.17, 15) is 4.39 Å². The van der Waals surface area contributed by atoms with Gasteiger partial charge in [-0.25, -0.2) is 4.39 Å². The van der Waals surface area contributed by atoms with Gasteiger partial charge >= 0.3 is 0 Å². The van der Waals surface area contributed by atoms with E-state index < -0.39 is 0 Å². The molecule has 0 saturated heterocycles. The van der Waals surface area contributed by atoms with Crippen molar-refractivity contribution in [3.63, 3.8) is 0 Å². The number of nitrogens with one attached hydrogen (secondary N) is 1. The maximum absolute atomic E-state index is 12.9. The SMILES string of the molecule is CCNC(CCO)c1cncc(F)c1. The summed E-state index contributed by atoms with van der Waals surface area (Å²) in [4.78, 5) is 3.77. The summed E-state index contributed by atoms with van der Waals surface area (Å²) >= 11 is 0. The number of halogens is 1. The van der Waals surface area contributed by atoms with Crippen molar-refractivity contribution in [2.45, 2.75) is 19.4 Å². The van der Waals surface area contributed by atoms with Crippen molar-refractivity contribution in [3.8, 4) is 0 Å². The third kappa shape index (κ3) is 3.05. The highest BCUT2D eigenvalue weighted by Gasteiger charge is 2.10. The second kappa shape index (κ2) is 5.67. The molecule has 3 nitrogen and oxygen atoms in total. The molecule has 1 heterocycles. The van der Waals surface area contributed by atoms with Crippen LogP contribution in [-0.2, 0) is 0 Å². The Hall–Kier alpha value is -1.00. The number of rotatable bonds is 5. The van der Waals surface area contributed by atoms with E-state index in [1.807, 2.05) is 6.92 Å². The topological polar surface area (TPSA) is 45.1 Å². The van der Waals surface area contributed by atoms with E-state index in [2.05, 4.69) is 10.3 Å². The Balaban J connectivity index is 2.75. The molecule has 0 fully saturated rings. The standard InChI is InChI=1S/C10H15FN2O/c1-2-13-10(3-4-14)8-5-9(11)7-12-6-8/h5-7,10,13-14H,2-4H2,1H3. The summed E-state index contributed by atoms with van der Waals surface area (Å²) < 4.78 is 12.9. The van der Waals surface area contributed by atoms with Crippen LogP contribution in [0.4, 0.5) is 4.39 Å². The quantitative estimate of drug-likeness (QED) is 0.748. The van der Waals surface area contributed by atoms with Crippen molar-refractivity contribution in [2.24, 2.45) is 0 Å². The van der Waals surface area contributed by atoms with E-state index in [0.717, 1.165) is 12.1 Å². The van der Waals surface area contributed by atoms with Crippen LogP contribution >= 0.6 is 0 Å². The lowest BCUT2D eigenvalue weighted by atomic mass is 10.1. The molecule has 78 valence electrons. The van der Waals surface area contributed by atoms with Crippen LogP contribution in [0.5, 0.6) is 0 Å². The summed E-state index contributed by atoms with van der Waals surface area (Å²) in [6.07, 6.45) is 3.36. The van der Waals surface area contributed by atoms with Gasteiger partial charge in [0.15, 0.2) is 0 Å². The number of hydrogen-bond donors (Lipinski definition) is 2. The van der Waals surface area contributed by atoms with E-state index in [0.29, 0.717) is 6.42 Å². The van der Waals surface area contributed by atoms with E-state index in [1.165, 1.54) is 12.3 Å². The third-order valence-corrected chi connectivity index (χ3v) is 2.00. The zero-order valence-corrected chi connectivity index (χ0v) is 8.20. The fourth-order valence-electron chi connectivity index (χ4n) is 1.38. The fraction of sp³-hybridized carbons (Fsp3) is 0.500. The molecule has 1 rings (SSSR count). The number of nitrogens with zero attached hydrogens (tertiary/aromatic N) is 1. The van der Waals surface area contributed by atoms with Crippen LogP contribution in [0, 0.1) is 5.82 Å². The highest BCUT2D eigenvalue weighted by atomic mass is 19.1. The Morgan fingerprint density at radius 2 is 2.36 bits per heavy atom. The van der Waals surface area contributed by atoms with E-state index >= 15 is 0 Å². The molecule has 0 amide bonds. The summed E-state index contributed by atoms with van der Waals surface area (Å²) in [6.45, 7) is 2.83. The highest BCUT2D eigenvalue weighted by Crippen LogP contribution is 2.15. The second-order valence-corrected chi connectivity index (χ2v) is 3.06. The number of aliphatic hydroxyl groups is 1. The van der Waals surface area contributed by atoms with Crippen molar-refractivity contribution in [2.75, 3.05) is 13.2 Å². The Bertz CT molecular complexity index is 275. The minimum atomic E-state index is -0.344. The second-order valence-electron chi connectivity index (χ2n) is 3.06. The van der Waals surface area contributed by atoms with E-state index in [4.69, 9.17) is 5.11 Å². The normalized spacial score (nSPS) is 12.8. The van der Waals surface area contributed by atoms with Gasteiger partial charge in [-0.15, -0.1) is 0 Å². The first-order valence-corrected chi connectivity index (χ1v) is 4.72. The predicted octanol–water partition coefficient (Wildman–Crippen LogP) is 1.25. The van der Waals surface area contributed by atoms with Crippen LogP contribution in [0.25, 0.3) is 0 Å². The van der Waals surface area contributed by atoms with E-state index in [-0.39, 0.29) is 18.5 Å². The van der Waals surface area contributed by atoms with Gasteiger partial charge < -0.3 is 10.4 Å². The van der Waals surface area contributed by atoms with Gasteiger partial charge in [0.2, 0.25) is 0 Å². The average Bonchev–Trinajstić information content (AvgIpc) is 2.17. The van der Waals surface area contributed by atoms with Gasteiger partial charge in [0.1, 0.15) is 5.82 Å². The molecule has 0 aliphatic heterocycles. The maximum Gasteiger partial charge on any atom is 0.141 e. The minimum absolute atomic E-state index is 0.0202. The molecule has 1 aromatic rings. The van der Waals surface area contributed by atoms with E-state index in [1.54, 1.807) is 6.20 Å². The Morgan fingerprint density at radius 3 is 2.93 bits per heavy atom. The number of aromatic nitrogens is 1. The van der Waals surface area contributed by atoms with Gasteiger partial charge in [-0.05, 0) is 24.6 Å². The maximum atomic E-state index is 12.9. The van der Waals surface area contributed by atoms with Gasteiger partial charge in [0.25, 0.3) is 0 Å². The van der Waals surface area contributed by atoms with Crippen molar-refractivity contribution >= 4 is 0 Å². The Labute approximate surface area is 83.0 Å². The molecular formula is C10H15FN2O. The number of hydrogen-bond acceptors (Lipinski definition) is 3. The van der Waals surface area contributed by atoms with Crippen LogP contribution in [0.3, 0.4) is 0 Å². The average molecular weight is 198 g/mol. The molecule has 0 aliphatic rings. The fourth-order valence-corrected chi connectivity index (χ4v) is 1.38. The van der Waals surface area contributed by atoms with Crippen LogP contribution in [0.15, 0.2) is 18.5 Å².